The van der Waals surface area contributed by atoms with Gasteiger partial charge in [-0.3, -0.25) is 9.69 Å². The summed E-state index contributed by atoms with van der Waals surface area (Å²) in [6, 6.07) is 9.55. The van der Waals surface area contributed by atoms with Crippen molar-refractivity contribution < 1.29 is 14.3 Å². The summed E-state index contributed by atoms with van der Waals surface area (Å²) in [4.78, 5) is 26.3. The molecule has 0 N–H and O–H groups in total. The zero-order chi connectivity index (χ0) is 17.2. The lowest BCUT2D eigenvalue weighted by Crippen LogP contribution is -2.34. The first-order valence-electron chi connectivity index (χ1n) is 8.61. The number of hydrogen-bond acceptors (Lipinski definition) is 3. The van der Waals surface area contributed by atoms with Gasteiger partial charge >= 0.3 is 6.09 Å². The molecule has 1 aromatic carbocycles. The van der Waals surface area contributed by atoms with Gasteiger partial charge in [0.1, 0.15) is 6.61 Å². The van der Waals surface area contributed by atoms with Gasteiger partial charge in [0.25, 0.3) is 0 Å². The normalized spacial score (nSPS) is 15.0. The van der Waals surface area contributed by atoms with Gasteiger partial charge in [-0.2, -0.15) is 0 Å². The first-order valence-corrected chi connectivity index (χ1v) is 8.61. The monoisotopic (exact) mass is 327 g/mol. The minimum atomic E-state index is -0.454. The molecule has 1 amide bonds. The van der Waals surface area contributed by atoms with Crippen LogP contribution in [-0.2, 0) is 16.1 Å². The van der Waals surface area contributed by atoms with Crippen LogP contribution in [-0.4, -0.2) is 23.3 Å². The molecule has 2 rings (SSSR count). The Morgan fingerprint density at radius 1 is 1.21 bits per heavy atom. The Labute approximate surface area is 143 Å². The molecular formula is C20H25NO3. The lowest BCUT2D eigenvalue weighted by molar-refractivity contribution is -0.112. The molecule has 0 saturated heterocycles. The molecule has 0 aromatic heterocycles. The van der Waals surface area contributed by atoms with E-state index < -0.39 is 6.09 Å². The summed E-state index contributed by atoms with van der Waals surface area (Å²) < 4.78 is 5.40. The molecule has 0 saturated carbocycles. The predicted molar refractivity (Wildman–Crippen MR) is 94.3 cm³/mol. The van der Waals surface area contributed by atoms with E-state index >= 15 is 0 Å². The first-order chi connectivity index (χ1) is 11.7. The van der Waals surface area contributed by atoms with E-state index in [4.69, 9.17) is 4.74 Å². The van der Waals surface area contributed by atoms with Crippen molar-refractivity contribution in [3.63, 3.8) is 0 Å². The van der Waals surface area contributed by atoms with Crippen molar-refractivity contribution in [2.75, 3.05) is 6.54 Å². The van der Waals surface area contributed by atoms with Crippen LogP contribution >= 0.6 is 0 Å². The molecule has 1 heterocycles. The second kappa shape index (κ2) is 9.71. The third-order valence-corrected chi connectivity index (χ3v) is 3.87. The first kappa shape index (κ1) is 18.0. The number of carbonyl (C=O) groups excluding carboxylic acids is 2. The highest BCUT2D eigenvalue weighted by Crippen LogP contribution is 2.18. The summed E-state index contributed by atoms with van der Waals surface area (Å²) in [7, 11) is 0. The maximum atomic E-state index is 12.5. The zero-order valence-electron chi connectivity index (χ0n) is 14.2. The topological polar surface area (TPSA) is 46.6 Å². The molecule has 0 atom stereocenters. The largest absolute Gasteiger partial charge is 0.444 e. The summed E-state index contributed by atoms with van der Waals surface area (Å²) in [5.41, 5.74) is 1.37. The molecule has 1 aliphatic heterocycles. The molecule has 1 aliphatic rings. The standard InChI is InChI=1S/C20H25NO3/c1-2-3-6-14-19(22)18-13-9-5-10-15-21(18)20(23)24-16-17-11-7-4-8-12-17/h4,6-8,11-14H,2-3,5,9-10,15-16H2,1H3/b14-6+. The number of rotatable bonds is 6. The van der Waals surface area contributed by atoms with Gasteiger partial charge in [0, 0.05) is 6.54 Å². The SMILES string of the molecule is CCC/C=C/C(=O)C1=CCCCCN1C(=O)OCc1ccccc1. The van der Waals surface area contributed by atoms with Crippen molar-refractivity contribution >= 4 is 11.9 Å². The van der Waals surface area contributed by atoms with Gasteiger partial charge in [-0.1, -0.05) is 55.8 Å². The molecule has 4 nitrogen and oxygen atoms in total. The van der Waals surface area contributed by atoms with E-state index in [1.165, 1.54) is 4.90 Å². The Bertz CT molecular complexity index is 605. The highest BCUT2D eigenvalue weighted by Gasteiger charge is 2.24. The number of ketones is 1. The number of nitrogens with zero attached hydrogens (tertiary/aromatic N) is 1. The van der Waals surface area contributed by atoms with Crippen LogP contribution < -0.4 is 0 Å². The number of hydrogen-bond donors (Lipinski definition) is 0. The average molecular weight is 327 g/mol. The summed E-state index contributed by atoms with van der Waals surface area (Å²) >= 11 is 0. The highest BCUT2D eigenvalue weighted by atomic mass is 16.6. The van der Waals surface area contributed by atoms with Crippen LogP contribution in [0.25, 0.3) is 0 Å². The zero-order valence-corrected chi connectivity index (χ0v) is 14.2. The number of unbranched alkanes of at least 4 members (excludes halogenated alkanes) is 1. The molecule has 0 radical (unpaired) electrons. The smallest absolute Gasteiger partial charge is 0.414 e. The summed E-state index contributed by atoms with van der Waals surface area (Å²) in [6.07, 6.45) is 9.33. The Balaban J connectivity index is 2.03. The number of benzene rings is 1. The van der Waals surface area contributed by atoms with Crippen molar-refractivity contribution in [1.29, 1.82) is 0 Å². The van der Waals surface area contributed by atoms with E-state index in [2.05, 4.69) is 6.92 Å². The van der Waals surface area contributed by atoms with Gasteiger partial charge in [0.05, 0.1) is 5.70 Å². The maximum absolute atomic E-state index is 12.5. The third kappa shape index (κ3) is 5.37. The Kier molecular flexibility index (Phi) is 7.27. The summed E-state index contributed by atoms with van der Waals surface area (Å²) in [5, 5.41) is 0. The van der Waals surface area contributed by atoms with E-state index in [0.29, 0.717) is 12.2 Å². The van der Waals surface area contributed by atoms with Gasteiger partial charge in [-0.25, -0.2) is 4.79 Å². The van der Waals surface area contributed by atoms with Crippen LogP contribution in [0.5, 0.6) is 0 Å². The lowest BCUT2D eigenvalue weighted by atomic mass is 10.2. The molecular weight excluding hydrogens is 302 g/mol. The second-order valence-corrected chi connectivity index (χ2v) is 5.83. The highest BCUT2D eigenvalue weighted by molar-refractivity contribution is 6.05. The van der Waals surface area contributed by atoms with E-state index in [9.17, 15) is 9.59 Å². The van der Waals surface area contributed by atoms with Crippen molar-refractivity contribution in [2.24, 2.45) is 0 Å². The average Bonchev–Trinajstić information content (AvgIpc) is 2.87. The molecule has 24 heavy (non-hydrogen) atoms. The number of amides is 1. The maximum Gasteiger partial charge on any atom is 0.414 e. The van der Waals surface area contributed by atoms with Crippen LogP contribution in [0.15, 0.2) is 54.3 Å². The van der Waals surface area contributed by atoms with Crippen molar-refractivity contribution in [1.82, 2.24) is 4.90 Å². The van der Waals surface area contributed by atoms with Crippen LogP contribution in [0.1, 0.15) is 44.6 Å². The minimum absolute atomic E-state index is 0.123. The second-order valence-electron chi connectivity index (χ2n) is 5.83. The van der Waals surface area contributed by atoms with Crippen LogP contribution in [0, 0.1) is 0 Å². The Morgan fingerprint density at radius 3 is 2.75 bits per heavy atom. The van der Waals surface area contributed by atoms with E-state index in [1.807, 2.05) is 42.5 Å². The minimum Gasteiger partial charge on any atom is -0.444 e. The fourth-order valence-corrected chi connectivity index (χ4v) is 2.55. The van der Waals surface area contributed by atoms with Gasteiger partial charge in [-0.15, -0.1) is 0 Å². The molecule has 0 bridgehead atoms. The van der Waals surface area contributed by atoms with Crippen molar-refractivity contribution in [2.45, 2.75) is 45.6 Å². The van der Waals surface area contributed by atoms with E-state index in [-0.39, 0.29) is 12.4 Å². The van der Waals surface area contributed by atoms with Crippen molar-refractivity contribution in [3.8, 4) is 0 Å². The molecule has 0 spiro atoms. The van der Waals surface area contributed by atoms with Gasteiger partial charge in [-0.05, 0) is 37.3 Å². The fraction of sp³-hybridized carbons (Fsp3) is 0.400. The van der Waals surface area contributed by atoms with Crippen LogP contribution in [0.3, 0.4) is 0 Å². The number of carbonyl (C=O) groups is 2. The van der Waals surface area contributed by atoms with Crippen LogP contribution in [0.4, 0.5) is 4.79 Å². The summed E-state index contributed by atoms with van der Waals surface area (Å²) in [6.45, 7) is 2.79. The number of allylic oxidation sites excluding steroid dienone is 3. The lowest BCUT2D eigenvalue weighted by Gasteiger charge is -2.22. The quantitative estimate of drug-likeness (QED) is 0.716. The Morgan fingerprint density at radius 2 is 2.00 bits per heavy atom. The third-order valence-electron chi connectivity index (χ3n) is 3.87. The molecule has 128 valence electrons. The molecule has 0 unspecified atom stereocenters. The molecule has 0 aliphatic carbocycles. The van der Waals surface area contributed by atoms with Gasteiger partial charge in [0.15, 0.2) is 0 Å². The van der Waals surface area contributed by atoms with Gasteiger partial charge in [0.2, 0.25) is 5.78 Å². The molecule has 0 fully saturated rings. The van der Waals surface area contributed by atoms with E-state index in [0.717, 1.165) is 37.7 Å². The van der Waals surface area contributed by atoms with Gasteiger partial charge < -0.3 is 4.74 Å². The molecule has 1 aromatic rings. The van der Waals surface area contributed by atoms with Crippen LogP contribution in [0.2, 0.25) is 0 Å². The summed E-state index contributed by atoms with van der Waals surface area (Å²) in [5.74, 6) is -0.123. The molecule has 4 heteroatoms. The fourth-order valence-electron chi connectivity index (χ4n) is 2.55. The van der Waals surface area contributed by atoms with E-state index in [1.54, 1.807) is 6.08 Å². The predicted octanol–water partition coefficient (Wildman–Crippen LogP) is 4.62. The Hall–Kier alpha value is -2.36. The number of ether oxygens (including phenoxy) is 1. The van der Waals surface area contributed by atoms with Crippen molar-refractivity contribution in [3.05, 3.63) is 59.8 Å².